The van der Waals surface area contributed by atoms with Crippen molar-refractivity contribution in [1.82, 2.24) is 8.87 Å². The molecule has 7 heteroatoms. The maximum Gasteiger partial charge on any atom is 0.244 e. The van der Waals surface area contributed by atoms with E-state index in [9.17, 15) is 8.42 Å². The first kappa shape index (κ1) is 14.8. The van der Waals surface area contributed by atoms with Gasteiger partial charge in [0.2, 0.25) is 10.0 Å². The summed E-state index contributed by atoms with van der Waals surface area (Å²) in [4.78, 5) is 1.37. The van der Waals surface area contributed by atoms with Crippen molar-refractivity contribution >= 4 is 21.4 Å². The van der Waals surface area contributed by atoms with Crippen LogP contribution in [0.15, 0.2) is 34.7 Å². The highest BCUT2D eigenvalue weighted by Crippen LogP contribution is 2.37. The molecule has 21 heavy (non-hydrogen) atoms. The predicted molar refractivity (Wildman–Crippen MR) is 83.6 cm³/mol. The molecular weight excluding hydrogens is 306 g/mol. The molecule has 2 aromatic heterocycles. The van der Waals surface area contributed by atoms with Gasteiger partial charge in [-0.2, -0.15) is 4.31 Å². The van der Waals surface area contributed by atoms with E-state index < -0.39 is 10.0 Å². The van der Waals surface area contributed by atoms with Crippen LogP contribution in [0.1, 0.15) is 29.5 Å². The Kier molecular flexibility index (Phi) is 3.92. The van der Waals surface area contributed by atoms with Gasteiger partial charge in [0, 0.05) is 42.9 Å². The van der Waals surface area contributed by atoms with Gasteiger partial charge in [-0.1, -0.05) is 6.07 Å². The van der Waals surface area contributed by atoms with Crippen molar-refractivity contribution < 1.29 is 8.42 Å². The first-order chi connectivity index (χ1) is 10.0. The molecule has 2 N–H and O–H groups in total. The van der Waals surface area contributed by atoms with Gasteiger partial charge < -0.3 is 10.3 Å². The molecule has 0 aromatic carbocycles. The summed E-state index contributed by atoms with van der Waals surface area (Å²) in [7, 11) is -1.85. The van der Waals surface area contributed by atoms with Gasteiger partial charge in [0.05, 0.1) is 0 Å². The molecular formula is C14H19N3O2S2. The van der Waals surface area contributed by atoms with Gasteiger partial charge in [-0.15, -0.1) is 11.3 Å². The Bertz CT molecular complexity index is 715. The molecule has 2 heterocycles. The van der Waals surface area contributed by atoms with E-state index in [-0.39, 0.29) is 0 Å². The van der Waals surface area contributed by atoms with Gasteiger partial charge in [0.25, 0.3) is 0 Å². The molecule has 0 unspecified atom stereocenters. The maximum atomic E-state index is 12.7. The van der Waals surface area contributed by atoms with Gasteiger partial charge in [-0.05, 0) is 30.4 Å². The normalized spacial score (nSPS) is 15.8. The van der Waals surface area contributed by atoms with Crippen molar-refractivity contribution in [3.63, 3.8) is 0 Å². The lowest BCUT2D eigenvalue weighted by atomic mass is 10.4. The molecule has 0 spiro atoms. The molecule has 3 rings (SSSR count). The van der Waals surface area contributed by atoms with E-state index in [2.05, 4.69) is 0 Å². The zero-order chi connectivity index (χ0) is 15.0. The molecule has 2 aromatic rings. The van der Waals surface area contributed by atoms with Crippen LogP contribution in [0.3, 0.4) is 0 Å². The highest BCUT2D eigenvalue weighted by molar-refractivity contribution is 7.89. The highest BCUT2D eigenvalue weighted by Gasteiger charge is 2.29. The van der Waals surface area contributed by atoms with Crippen molar-refractivity contribution in [1.29, 1.82) is 0 Å². The first-order valence-corrected chi connectivity index (χ1v) is 9.24. The quantitative estimate of drug-likeness (QED) is 0.885. The van der Waals surface area contributed by atoms with Crippen molar-refractivity contribution in [3.05, 3.63) is 40.3 Å². The summed E-state index contributed by atoms with van der Waals surface area (Å²) in [5.74, 6) is 0. The van der Waals surface area contributed by atoms with E-state index in [1.54, 1.807) is 30.6 Å². The Hall–Kier alpha value is -1.15. The minimum absolute atomic E-state index is 0.342. The maximum absolute atomic E-state index is 12.7. The molecule has 0 amide bonds. The van der Waals surface area contributed by atoms with E-state index in [4.69, 9.17) is 5.73 Å². The fourth-order valence-electron chi connectivity index (χ4n) is 2.38. The fourth-order valence-corrected chi connectivity index (χ4v) is 4.42. The van der Waals surface area contributed by atoms with Crippen LogP contribution in [0.4, 0.5) is 0 Å². The molecule has 1 saturated carbocycles. The Morgan fingerprint density at radius 3 is 2.81 bits per heavy atom. The zero-order valence-corrected chi connectivity index (χ0v) is 13.5. The van der Waals surface area contributed by atoms with E-state index in [1.165, 1.54) is 4.31 Å². The first-order valence-electron chi connectivity index (χ1n) is 6.92. The standard InChI is InChI=1S/C14H19N3O2S2/c1-16(9-13-3-2-6-20-13)21(18,19)14-7-12(8-15)17(10-14)11-4-5-11/h2-3,6-7,10-11H,4-5,8-9,15H2,1H3. The number of aromatic nitrogens is 1. The number of thiophene rings is 1. The van der Waals surface area contributed by atoms with Crippen molar-refractivity contribution in [2.75, 3.05) is 7.05 Å². The monoisotopic (exact) mass is 325 g/mol. The van der Waals surface area contributed by atoms with Crippen molar-refractivity contribution in [3.8, 4) is 0 Å². The summed E-state index contributed by atoms with van der Waals surface area (Å²) in [6.45, 7) is 0.757. The Morgan fingerprint density at radius 2 is 2.24 bits per heavy atom. The average molecular weight is 325 g/mol. The molecule has 114 valence electrons. The van der Waals surface area contributed by atoms with Crippen molar-refractivity contribution in [2.45, 2.75) is 36.9 Å². The van der Waals surface area contributed by atoms with E-state index in [0.717, 1.165) is 23.4 Å². The molecule has 5 nitrogen and oxygen atoms in total. The van der Waals surface area contributed by atoms with Crippen LogP contribution < -0.4 is 5.73 Å². The van der Waals surface area contributed by atoms with Gasteiger partial charge >= 0.3 is 0 Å². The topological polar surface area (TPSA) is 68.3 Å². The van der Waals surface area contributed by atoms with Crippen LogP contribution in [-0.4, -0.2) is 24.3 Å². The Labute approximate surface area is 129 Å². The second-order valence-electron chi connectivity index (χ2n) is 5.35. The zero-order valence-electron chi connectivity index (χ0n) is 11.9. The second kappa shape index (κ2) is 5.57. The molecule has 1 fully saturated rings. The summed E-state index contributed by atoms with van der Waals surface area (Å²) >= 11 is 1.56. The third kappa shape index (κ3) is 2.91. The predicted octanol–water partition coefficient (Wildman–Crippen LogP) is 2.16. The van der Waals surface area contributed by atoms with Crippen LogP contribution in [0.2, 0.25) is 0 Å². The number of nitrogens with two attached hydrogens (primary N) is 1. The summed E-state index contributed by atoms with van der Waals surface area (Å²) < 4.78 is 28.7. The van der Waals surface area contributed by atoms with Gasteiger partial charge in [-0.25, -0.2) is 8.42 Å². The van der Waals surface area contributed by atoms with Crippen LogP contribution >= 0.6 is 11.3 Å². The molecule has 0 aliphatic heterocycles. The summed E-state index contributed by atoms with van der Waals surface area (Å²) in [6.07, 6.45) is 3.94. The Morgan fingerprint density at radius 1 is 1.48 bits per heavy atom. The van der Waals surface area contributed by atoms with Crippen LogP contribution in [0.5, 0.6) is 0 Å². The Balaban J connectivity index is 1.87. The lowest BCUT2D eigenvalue weighted by Gasteiger charge is -2.15. The van der Waals surface area contributed by atoms with Crippen LogP contribution in [0.25, 0.3) is 0 Å². The number of rotatable bonds is 6. The smallest absolute Gasteiger partial charge is 0.244 e. The van der Waals surface area contributed by atoms with Gasteiger partial charge in [-0.3, -0.25) is 0 Å². The van der Waals surface area contributed by atoms with E-state index >= 15 is 0 Å². The minimum Gasteiger partial charge on any atom is -0.346 e. The fraction of sp³-hybridized carbons (Fsp3) is 0.429. The SMILES string of the molecule is CN(Cc1cccs1)S(=O)(=O)c1cc(CN)n(C2CC2)c1. The van der Waals surface area contributed by atoms with Gasteiger partial charge in [0.15, 0.2) is 0 Å². The number of hydrogen-bond acceptors (Lipinski definition) is 4. The van der Waals surface area contributed by atoms with E-state index in [0.29, 0.717) is 24.0 Å². The summed E-state index contributed by atoms with van der Waals surface area (Å²) in [5.41, 5.74) is 6.62. The van der Waals surface area contributed by atoms with E-state index in [1.807, 2.05) is 22.1 Å². The highest BCUT2D eigenvalue weighted by atomic mass is 32.2. The third-order valence-electron chi connectivity index (χ3n) is 3.72. The largest absolute Gasteiger partial charge is 0.346 e. The lowest BCUT2D eigenvalue weighted by Crippen LogP contribution is -2.25. The number of hydrogen-bond donors (Lipinski definition) is 1. The number of sulfonamides is 1. The van der Waals surface area contributed by atoms with Crippen LogP contribution in [0, 0.1) is 0 Å². The summed E-state index contributed by atoms with van der Waals surface area (Å²) in [5, 5.41) is 1.95. The van der Waals surface area contributed by atoms with Gasteiger partial charge in [0.1, 0.15) is 4.90 Å². The average Bonchev–Trinajstić information content (AvgIpc) is 3.00. The molecule has 1 aliphatic rings. The molecule has 0 atom stereocenters. The summed E-state index contributed by atoms with van der Waals surface area (Å²) in [6, 6.07) is 6.00. The third-order valence-corrected chi connectivity index (χ3v) is 6.35. The molecule has 1 aliphatic carbocycles. The minimum atomic E-state index is -3.47. The van der Waals surface area contributed by atoms with Crippen molar-refractivity contribution in [2.24, 2.45) is 5.73 Å². The molecule has 0 saturated heterocycles. The lowest BCUT2D eigenvalue weighted by molar-refractivity contribution is 0.469. The number of nitrogens with zero attached hydrogens (tertiary/aromatic N) is 2. The molecule has 0 radical (unpaired) electrons. The second-order valence-corrected chi connectivity index (χ2v) is 8.43. The molecule has 0 bridgehead atoms. The van der Waals surface area contributed by atoms with Crippen LogP contribution in [-0.2, 0) is 23.1 Å².